The van der Waals surface area contributed by atoms with E-state index >= 15 is 0 Å². The number of furan rings is 1. The van der Waals surface area contributed by atoms with Gasteiger partial charge in [-0.3, -0.25) is 0 Å². The van der Waals surface area contributed by atoms with Crippen LogP contribution in [0.4, 0.5) is 17.1 Å². The van der Waals surface area contributed by atoms with E-state index in [2.05, 4.69) is 207 Å². The molecule has 0 aliphatic heterocycles. The summed E-state index contributed by atoms with van der Waals surface area (Å²) in [4.78, 5) is 2.48. The van der Waals surface area contributed by atoms with Gasteiger partial charge in [0.1, 0.15) is 5.58 Å². The molecule has 2 nitrogen and oxygen atoms in total. The molecule has 2 heteroatoms. The van der Waals surface area contributed by atoms with Gasteiger partial charge in [-0.05, 0) is 91.5 Å². The lowest BCUT2D eigenvalue weighted by Gasteiger charge is -2.35. The van der Waals surface area contributed by atoms with Crippen LogP contribution in [0.1, 0.15) is 58.4 Å². The lowest BCUT2D eigenvalue weighted by molar-refractivity contribution is 0.660. The van der Waals surface area contributed by atoms with Crippen molar-refractivity contribution in [1.82, 2.24) is 0 Å². The van der Waals surface area contributed by atoms with Crippen LogP contribution in [0.5, 0.6) is 0 Å². The van der Waals surface area contributed by atoms with Crippen molar-refractivity contribution in [3.8, 4) is 22.3 Å². The van der Waals surface area contributed by atoms with E-state index in [9.17, 15) is 0 Å². The third-order valence-electron chi connectivity index (χ3n) is 12.9. The molecule has 1 spiro atoms. The lowest BCUT2D eigenvalue weighted by atomic mass is 9.66. The molecule has 12 rings (SSSR count). The van der Waals surface area contributed by atoms with Gasteiger partial charge in [-0.15, -0.1) is 0 Å². The maximum atomic E-state index is 6.85. The molecule has 9 aromatic rings. The molecule has 0 saturated carbocycles. The topological polar surface area (TPSA) is 16.4 Å². The fourth-order valence-corrected chi connectivity index (χ4v) is 10.5. The summed E-state index contributed by atoms with van der Waals surface area (Å²) in [5.41, 5.74) is 19.8. The molecular weight excluding hydrogens is 679 g/mol. The molecule has 0 saturated heterocycles. The quantitative estimate of drug-likeness (QED) is 0.181. The Bertz CT molecular complexity index is 3090. The van der Waals surface area contributed by atoms with Gasteiger partial charge in [0.25, 0.3) is 0 Å². The first-order valence-electron chi connectivity index (χ1n) is 19.6. The van der Waals surface area contributed by atoms with Crippen LogP contribution in [0.3, 0.4) is 0 Å². The first kappa shape index (κ1) is 31.5. The maximum Gasteiger partial charge on any atom is 0.159 e. The third-order valence-corrected chi connectivity index (χ3v) is 12.9. The molecule has 56 heavy (non-hydrogen) atoms. The summed E-state index contributed by atoms with van der Waals surface area (Å²) in [7, 11) is 0. The van der Waals surface area contributed by atoms with Gasteiger partial charge in [0, 0.05) is 27.4 Å². The summed E-state index contributed by atoms with van der Waals surface area (Å²) < 4.78 is 6.85. The number of nitrogens with zero attached hydrogens (tertiary/aromatic N) is 1. The fourth-order valence-electron chi connectivity index (χ4n) is 10.5. The second kappa shape index (κ2) is 11.3. The molecule has 0 amide bonds. The van der Waals surface area contributed by atoms with Crippen LogP contribution in [-0.4, -0.2) is 0 Å². The Morgan fingerprint density at radius 3 is 1.79 bits per heavy atom. The highest BCUT2D eigenvalue weighted by Crippen LogP contribution is 2.62. The van der Waals surface area contributed by atoms with Crippen molar-refractivity contribution in [3.63, 3.8) is 0 Å². The SMILES string of the molecule is CC1(C)c2ccccc2-c2ccc(N(c3cccc4c3-c3ccccc3C43c4ccccc4C=Cc4ccccc43)c3cccc4c3oc3ccccc34)cc21. The van der Waals surface area contributed by atoms with E-state index in [1.165, 1.54) is 66.8 Å². The van der Waals surface area contributed by atoms with Crippen molar-refractivity contribution < 1.29 is 4.42 Å². The van der Waals surface area contributed by atoms with Crippen molar-refractivity contribution in [2.24, 2.45) is 0 Å². The average molecular weight is 716 g/mol. The van der Waals surface area contributed by atoms with Crippen molar-refractivity contribution >= 4 is 51.2 Å². The molecule has 8 aromatic carbocycles. The minimum Gasteiger partial charge on any atom is -0.454 e. The highest BCUT2D eigenvalue weighted by atomic mass is 16.3. The average Bonchev–Trinajstić information content (AvgIpc) is 3.81. The van der Waals surface area contributed by atoms with Crippen molar-refractivity contribution in [3.05, 3.63) is 220 Å². The molecule has 1 aromatic heterocycles. The molecule has 0 bridgehead atoms. The number of anilines is 3. The highest BCUT2D eigenvalue weighted by molar-refractivity contribution is 6.11. The summed E-state index contributed by atoms with van der Waals surface area (Å²) in [5.74, 6) is 0. The number of hydrogen-bond donors (Lipinski definition) is 0. The van der Waals surface area contributed by atoms with Gasteiger partial charge in [-0.1, -0.05) is 172 Å². The Kier molecular flexibility index (Phi) is 6.36. The molecular formula is C54H37NO. The van der Waals surface area contributed by atoms with Crippen molar-refractivity contribution in [2.75, 3.05) is 4.90 Å². The summed E-state index contributed by atoms with van der Waals surface area (Å²) in [6.07, 6.45) is 4.60. The predicted molar refractivity (Wildman–Crippen MR) is 232 cm³/mol. The number of hydrogen-bond acceptors (Lipinski definition) is 2. The van der Waals surface area contributed by atoms with Gasteiger partial charge < -0.3 is 9.32 Å². The smallest absolute Gasteiger partial charge is 0.159 e. The minimum atomic E-state index is -0.531. The normalized spacial score (nSPS) is 14.8. The molecule has 0 radical (unpaired) electrons. The number of para-hydroxylation sites is 2. The summed E-state index contributed by atoms with van der Waals surface area (Å²) in [6, 6.07) is 65.0. The molecule has 3 aliphatic carbocycles. The van der Waals surface area contributed by atoms with Crippen LogP contribution >= 0.6 is 0 Å². The number of benzene rings is 8. The maximum absolute atomic E-state index is 6.85. The standard InChI is InChI=1S/C54H37NO/c1-53(2)44-23-10-5-17-37(44)38-32-31-36(33-47(38)53)55(49-27-13-20-40-39-18-7-12-28-50(39)56-52(40)49)48-26-14-25-46-51(48)41-19-6-11-24-45(41)54(46)42-21-8-3-15-34(42)29-30-35-16-4-9-22-43(35)54/h3-33H,1-2H3. The molecule has 0 N–H and O–H groups in total. The Hall–Kier alpha value is -6.90. The highest BCUT2D eigenvalue weighted by Gasteiger charge is 2.49. The molecule has 0 unspecified atom stereocenters. The Morgan fingerprint density at radius 1 is 0.429 bits per heavy atom. The second-order valence-corrected chi connectivity index (χ2v) is 16.0. The lowest BCUT2D eigenvalue weighted by Crippen LogP contribution is -2.30. The van der Waals surface area contributed by atoms with Gasteiger partial charge in [-0.25, -0.2) is 0 Å². The first-order chi connectivity index (χ1) is 27.5. The largest absolute Gasteiger partial charge is 0.454 e. The van der Waals surface area contributed by atoms with E-state index in [0.29, 0.717) is 0 Å². The van der Waals surface area contributed by atoms with Gasteiger partial charge in [0.2, 0.25) is 0 Å². The predicted octanol–water partition coefficient (Wildman–Crippen LogP) is 14.2. The van der Waals surface area contributed by atoms with E-state index in [1.54, 1.807) is 0 Å². The zero-order chi connectivity index (χ0) is 37.2. The molecule has 1 heterocycles. The van der Waals surface area contributed by atoms with E-state index in [0.717, 1.165) is 39.0 Å². The molecule has 0 atom stereocenters. The third kappa shape index (κ3) is 4.00. The second-order valence-electron chi connectivity index (χ2n) is 16.0. The van der Waals surface area contributed by atoms with Gasteiger partial charge in [0.05, 0.1) is 16.8 Å². The van der Waals surface area contributed by atoms with Crippen molar-refractivity contribution in [1.29, 1.82) is 0 Å². The molecule has 264 valence electrons. The van der Waals surface area contributed by atoms with Crippen LogP contribution in [0.2, 0.25) is 0 Å². The Labute approximate surface area is 326 Å². The Morgan fingerprint density at radius 2 is 1.00 bits per heavy atom. The Balaban J connectivity index is 1.20. The monoisotopic (exact) mass is 715 g/mol. The number of fused-ring (bicyclic) bond motifs is 15. The van der Waals surface area contributed by atoms with Crippen LogP contribution in [0.15, 0.2) is 180 Å². The zero-order valence-electron chi connectivity index (χ0n) is 31.3. The van der Waals surface area contributed by atoms with Gasteiger partial charge >= 0.3 is 0 Å². The number of rotatable bonds is 3. The van der Waals surface area contributed by atoms with E-state index in [4.69, 9.17) is 4.42 Å². The van der Waals surface area contributed by atoms with E-state index in [-0.39, 0.29) is 5.41 Å². The zero-order valence-corrected chi connectivity index (χ0v) is 31.3. The first-order valence-corrected chi connectivity index (χ1v) is 19.6. The van der Waals surface area contributed by atoms with Crippen LogP contribution in [0.25, 0.3) is 56.3 Å². The van der Waals surface area contributed by atoms with Gasteiger partial charge in [0.15, 0.2) is 5.58 Å². The summed E-state index contributed by atoms with van der Waals surface area (Å²) in [5, 5.41) is 2.23. The minimum absolute atomic E-state index is 0.158. The molecule has 0 fully saturated rings. The fraction of sp³-hybridized carbons (Fsp3) is 0.0741. The van der Waals surface area contributed by atoms with Gasteiger partial charge in [-0.2, -0.15) is 0 Å². The van der Waals surface area contributed by atoms with E-state index in [1.807, 2.05) is 0 Å². The summed E-state index contributed by atoms with van der Waals surface area (Å²) in [6.45, 7) is 4.72. The van der Waals surface area contributed by atoms with Crippen LogP contribution in [0, 0.1) is 0 Å². The van der Waals surface area contributed by atoms with Crippen LogP contribution < -0.4 is 4.90 Å². The molecule has 3 aliphatic rings. The van der Waals surface area contributed by atoms with Crippen LogP contribution in [-0.2, 0) is 10.8 Å². The summed E-state index contributed by atoms with van der Waals surface area (Å²) >= 11 is 0. The van der Waals surface area contributed by atoms with E-state index < -0.39 is 5.41 Å². The van der Waals surface area contributed by atoms with Crippen molar-refractivity contribution in [2.45, 2.75) is 24.7 Å².